The highest BCUT2D eigenvalue weighted by Crippen LogP contribution is 2.35. The van der Waals surface area contributed by atoms with Gasteiger partial charge in [-0.15, -0.1) is 0 Å². The zero-order valence-electron chi connectivity index (χ0n) is 6.92. The normalized spacial score (nSPS) is 12.9. The maximum atomic E-state index is 12.2. The van der Waals surface area contributed by atoms with Crippen molar-refractivity contribution in [3.05, 3.63) is 28.2 Å². The maximum Gasteiger partial charge on any atom is 0.417 e. The van der Waals surface area contributed by atoms with Crippen molar-refractivity contribution in [2.75, 3.05) is 0 Å². The van der Waals surface area contributed by atoms with Crippen LogP contribution in [0.3, 0.4) is 0 Å². The van der Waals surface area contributed by atoms with Gasteiger partial charge in [-0.2, -0.15) is 21.6 Å². The van der Waals surface area contributed by atoms with E-state index in [1.807, 2.05) is 0 Å². The zero-order chi connectivity index (χ0) is 11.9. The third kappa shape index (κ3) is 2.93. The van der Waals surface area contributed by atoms with Crippen molar-refractivity contribution in [3.63, 3.8) is 0 Å². The molecule has 0 spiro atoms. The van der Waals surface area contributed by atoms with E-state index >= 15 is 0 Å². The molecule has 8 heteroatoms. The SMILES string of the molecule is O=S(=O)(O)c1ccc(C(F)(F)F)c(Br)c1. The molecule has 0 heterocycles. The summed E-state index contributed by atoms with van der Waals surface area (Å²) in [6.07, 6.45) is -4.57. The average Bonchev–Trinajstić information content (AvgIpc) is 1.99. The van der Waals surface area contributed by atoms with Gasteiger partial charge in [0.2, 0.25) is 0 Å². The fraction of sp³-hybridized carbons (Fsp3) is 0.143. The van der Waals surface area contributed by atoms with E-state index in [2.05, 4.69) is 15.9 Å². The minimum Gasteiger partial charge on any atom is -0.282 e. The molecule has 0 bridgehead atoms. The van der Waals surface area contributed by atoms with E-state index < -0.39 is 31.2 Å². The lowest BCUT2D eigenvalue weighted by atomic mass is 10.2. The summed E-state index contributed by atoms with van der Waals surface area (Å²) in [5, 5.41) is 0. The molecule has 1 aromatic rings. The standard InChI is InChI=1S/C7H4BrF3O3S/c8-6-3-4(15(12,13)14)1-2-5(6)7(9,10)11/h1-3H,(H,12,13,14). The Bertz CT molecular complexity index is 481. The van der Waals surface area contributed by atoms with Crippen molar-refractivity contribution in [3.8, 4) is 0 Å². The number of hydrogen-bond acceptors (Lipinski definition) is 2. The van der Waals surface area contributed by atoms with Crippen molar-refractivity contribution in [1.82, 2.24) is 0 Å². The van der Waals surface area contributed by atoms with Gasteiger partial charge in [-0.1, -0.05) is 15.9 Å². The van der Waals surface area contributed by atoms with E-state index in [9.17, 15) is 21.6 Å². The second kappa shape index (κ2) is 3.76. The Morgan fingerprint density at radius 2 is 1.80 bits per heavy atom. The molecule has 1 rings (SSSR count). The van der Waals surface area contributed by atoms with Gasteiger partial charge in [0.1, 0.15) is 0 Å². The first-order valence-corrected chi connectivity index (χ1v) is 5.70. The molecule has 84 valence electrons. The summed E-state index contributed by atoms with van der Waals surface area (Å²) in [6, 6.07) is 1.95. The van der Waals surface area contributed by atoms with Gasteiger partial charge in [-0.3, -0.25) is 4.55 Å². The third-order valence-corrected chi connectivity index (χ3v) is 3.05. The first kappa shape index (κ1) is 12.5. The van der Waals surface area contributed by atoms with Crippen LogP contribution in [0.1, 0.15) is 5.56 Å². The van der Waals surface area contributed by atoms with Gasteiger partial charge in [0.25, 0.3) is 10.1 Å². The summed E-state index contributed by atoms with van der Waals surface area (Å²) in [4.78, 5) is -0.595. The van der Waals surface area contributed by atoms with Crippen LogP contribution in [0.25, 0.3) is 0 Å². The fourth-order valence-electron chi connectivity index (χ4n) is 0.886. The number of rotatable bonds is 1. The molecular formula is C7H4BrF3O3S. The van der Waals surface area contributed by atoms with Crippen molar-refractivity contribution in [2.45, 2.75) is 11.1 Å². The van der Waals surface area contributed by atoms with Crippen LogP contribution in [0, 0.1) is 0 Å². The van der Waals surface area contributed by atoms with Crippen LogP contribution < -0.4 is 0 Å². The summed E-state index contributed by atoms with van der Waals surface area (Å²) in [5.74, 6) is 0. The van der Waals surface area contributed by atoms with E-state index in [1.54, 1.807) is 0 Å². The molecule has 0 unspecified atom stereocenters. The molecule has 0 saturated carbocycles. The molecule has 0 aliphatic carbocycles. The highest BCUT2D eigenvalue weighted by atomic mass is 79.9. The quantitative estimate of drug-likeness (QED) is 0.812. The van der Waals surface area contributed by atoms with Crippen molar-refractivity contribution in [1.29, 1.82) is 0 Å². The van der Waals surface area contributed by atoms with Crippen LogP contribution in [0.5, 0.6) is 0 Å². The molecule has 0 aromatic heterocycles. The lowest BCUT2D eigenvalue weighted by Gasteiger charge is -2.09. The van der Waals surface area contributed by atoms with Crippen LogP contribution in [0.4, 0.5) is 13.2 Å². The van der Waals surface area contributed by atoms with Gasteiger partial charge < -0.3 is 0 Å². The lowest BCUT2D eigenvalue weighted by Crippen LogP contribution is -2.07. The second-order valence-electron chi connectivity index (χ2n) is 2.61. The first-order chi connectivity index (χ1) is 6.62. The minimum atomic E-state index is -4.57. The monoisotopic (exact) mass is 304 g/mol. The van der Waals surface area contributed by atoms with Crippen LogP contribution in [0.2, 0.25) is 0 Å². The molecule has 0 aliphatic rings. The summed E-state index contributed by atoms with van der Waals surface area (Å²) in [5.41, 5.74) is -1.00. The van der Waals surface area contributed by atoms with Gasteiger partial charge in [0, 0.05) is 4.47 Å². The largest absolute Gasteiger partial charge is 0.417 e. The molecule has 0 fully saturated rings. The highest BCUT2D eigenvalue weighted by Gasteiger charge is 2.33. The Morgan fingerprint density at radius 3 is 2.13 bits per heavy atom. The Morgan fingerprint density at radius 1 is 1.27 bits per heavy atom. The van der Waals surface area contributed by atoms with E-state index in [-0.39, 0.29) is 0 Å². The van der Waals surface area contributed by atoms with Crippen molar-refractivity contribution >= 4 is 26.0 Å². The molecular weight excluding hydrogens is 301 g/mol. The first-order valence-electron chi connectivity index (χ1n) is 3.46. The number of benzene rings is 1. The van der Waals surface area contributed by atoms with Crippen LogP contribution in [0.15, 0.2) is 27.6 Å². The van der Waals surface area contributed by atoms with Crippen molar-refractivity contribution < 1.29 is 26.1 Å². The van der Waals surface area contributed by atoms with Gasteiger partial charge in [0.15, 0.2) is 0 Å². The van der Waals surface area contributed by atoms with Crippen LogP contribution in [-0.2, 0) is 16.3 Å². The number of hydrogen-bond donors (Lipinski definition) is 1. The minimum absolute atomic E-state index is 0.440. The van der Waals surface area contributed by atoms with E-state index in [1.165, 1.54) is 0 Å². The summed E-state index contributed by atoms with van der Waals surface area (Å²) < 4.78 is 66.0. The van der Waals surface area contributed by atoms with Crippen molar-refractivity contribution in [2.24, 2.45) is 0 Å². The predicted molar refractivity (Wildman–Crippen MR) is 49.0 cm³/mol. The second-order valence-corrected chi connectivity index (χ2v) is 4.89. The highest BCUT2D eigenvalue weighted by molar-refractivity contribution is 9.10. The Balaban J connectivity index is 3.34. The molecule has 0 aliphatic heterocycles. The Hall–Kier alpha value is -0.600. The summed E-state index contributed by atoms with van der Waals surface area (Å²) in [7, 11) is -4.48. The lowest BCUT2D eigenvalue weighted by molar-refractivity contribution is -0.138. The van der Waals surface area contributed by atoms with Crippen LogP contribution in [-0.4, -0.2) is 13.0 Å². The summed E-state index contributed by atoms with van der Waals surface area (Å²) in [6.45, 7) is 0. The smallest absolute Gasteiger partial charge is 0.282 e. The molecule has 1 aromatic carbocycles. The molecule has 3 nitrogen and oxygen atoms in total. The van der Waals surface area contributed by atoms with Gasteiger partial charge in [-0.05, 0) is 18.2 Å². The molecule has 1 N–H and O–H groups in total. The molecule has 0 saturated heterocycles. The van der Waals surface area contributed by atoms with Gasteiger partial charge >= 0.3 is 6.18 Å². The van der Waals surface area contributed by atoms with Gasteiger partial charge in [0.05, 0.1) is 10.5 Å². The van der Waals surface area contributed by atoms with E-state index in [0.717, 1.165) is 0 Å². The Labute approximate surface area is 91.8 Å². The summed E-state index contributed by atoms with van der Waals surface area (Å²) >= 11 is 2.58. The molecule has 15 heavy (non-hydrogen) atoms. The Kier molecular flexibility index (Phi) is 3.13. The zero-order valence-corrected chi connectivity index (χ0v) is 9.32. The molecule has 0 atom stereocenters. The van der Waals surface area contributed by atoms with Crippen LogP contribution >= 0.6 is 15.9 Å². The molecule has 0 radical (unpaired) electrons. The molecule has 0 amide bonds. The topological polar surface area (TPSA) is 54.4 Å². The maximum absolute atomic E-state index is 12.2. The number of halogens is 4. The van der Waals surface area contributed by atoms with Gasteiger partial charge in [-0.25, -0.2) is 0 Å². The average molecular weight is 305 g/mol. The third-order valence-electron chi connectivity index (χ3n) is 1.54. The fourth-order valence-corrected chi connectivity index (χ4v) is 2.15. The van der Waals surface area contributed by atoms with E-state index in [0.29, 0.717) is 18.2 Å². The predicted octanol–water partition coefficient (Wildman–Crippen LogP) is 2.71. The van der Waals surface area contributed by atoms with E-state index in [4.69, 9.17) is 4.55 Å². The number of alkyl halides is 3.